The number of rotatable bonds is 37. The van der Waals surface area contributed by atoms with Crippen LogP contribution in [0.4, 0.5) is 0 Å². The molecule has 0 aromatic carbocycles. The molecule has 1 aliphatic heterocycles. The van der Waals surface area contributed by atoms with Gasteiger partial charge in [-0.1, -0.05) is 177 Å². The summed E-state index contributed by atoms with van der Waals surface area (Å²) in [5.41, 5.74) is 0. The molecule has 0 aromatic heterocycles. The summed E-state index contributed by atoms with van der Waals surface area (Å²) in [6, 6.07) is -0.715. The van der Waals surface area contributed by atoms with Crippen LogP contribution in [0.25, 0.3) is 0 Å². The topological polar surface area (TPSA) is 149 Å². The molecule has 57 heavy (non-hydrogen) atoms. The lowest BCUT2D eigenvalue weighted by atomic mass is 9.99. The van der Waals surface area contributed by atoms with Crippen molar-refractivity contribution in [1.82, 2.24) is 5.32 Å². The Morgan fingerprint density at radius 3 is 1.58 bits per heavy atom. The standard InChI is InChI=1S/C48H85NO8/c1-3-5-7-8-9-10-11-12-13-14-15-16-17-18-19-20-21-22-23-24-25-26-27-28-29-30-31-32-33-34-36-38-44(52)49-41(42(51)37-35-6-4-2)40-56-48-47(55)46(54)45(53)43(39-50)57-48/h5,7,9-10,12-13,15-16,18-19,41-43,45-48,50-51,53-55H,3-4,6,8,11,14,17,20-40H2,1-2H3,(H,49,52)/b7-5-,10-9-,13-12-,16-15-,19-18-. The van der Waals surface area contributed by atoms with Crippen LogP contribution in [0.2, 0.25) is 0 Å². The number of carbonyl (C=O) groups excluding carboxylic acids is 1. The van der Waals surface area contributed by atoms with Gasteiger partial charge in [0, 0.05) is 6.42 Å². The van der Waals surface area contributed by atoms with Crippen molar-refractivity contribution in [1.29, 1.82) is 0 Å². The zero-order chi connectivity index (χ0) is 41.6. The molecule has 1 saturated heterocycles. The zero-order valence-corrected chi connectivity index (χ0v) is 36.1. The third kappa shape index (κ3) is 28.9. The van der Waals surface area contributed by atoms with E-state index in [0.717, 1.165) is 70.6 Å². The maximum absolute atomic E-state index is 12.8. The molecule has 1 fully saturated rings. The van der Waals surface area contributed by atoms with E-state index in [2.05, 4.69) is 79.9 Å². The first kappa shape index (κ1) is 52.9. The number of hydrogen-bond acceptors (Lipinski definition) is 8. The highest BCUT2D eigenvalue weighted by Crippen LogP contribution is 2.23. The van der Waals surface area contributed by atoms with Crippen LogP contribution in [0.5, 0.6) is 0 Å². The van der Waals surface area contributed by atoms with Gasteiger partial charge in [-0.05, 0) is 57.8 Å². The van der Waals surface area contributed by atoms with Crippen LogP contribution in [0.15, 0.2) is 60.8 Å². The van der Waals surface area contributed by atoms with Gasteiger partial charge < -0.3 is 40.3 Å². The van der Waals surface area contributed by atoms with Crippen LogP contribution >= 0.6 is 0 Å². The van der Waals surface area contributed by atoms with E-state index in [1.54, 1.807) is 0 Å². The van der Waals surface area contributed by atoms with Crippen molar-refractivity contribution in [3.8, 4) is 0 Å². The third-order valence-corrected chi connectivity index (χ3v) is 10.6. The van der Waals surface area contributed by atoms with Gasteiger partial charge in [0.15, 0.2) is 6.29 Å². The summed E-state index contributed by atoms with van der Waals surface area (Å²) in [4.78, 5) is 12.8. The van der Waals surface area contributed by atoms with Crippen LogP contribution in [0.3, 0.4) is 0 Å². The second kappa shape index (κ2) is 38.1. The summed E-state index contributed by atoms with van der Waals surface area (Å²) in [6.07, 6.45) is 43.4. The number of hydrogen-bond donors (Lipinski definition) is 6. The molecule has 1 amide bonds. The van der Waals surface area contributed by atoms with E-state index in [1.807, 2.05) is 0 Å². The van der Waals surface area contributed by atoms with Crippen molar-refractivity contribution >= 4 is 5.91 Å². The van der Waals surface area contributed by atoms with Gasteiger partial charge in [0.25, 0.3) is 0 Å². The molecular weight excluding hydrogens is 719 g/mol. The molecule has 9 heteroatoms. The first-order valence-electron chi connectivity index (χ1n) is 23.0. The minimum atomic E-state index is -1.55. The summed E-state index contributed by atoms with van der Waals surface area (Å²) in [7, 11) is 0. The second-order valence-electron chi connectivity index (χ2n) is 15.8. The van der Waals surface area contributed by atoms with Crippen LogP contribution in [0.1, 0.15) is 181 Å². The Bertz CT molecular complexity index is 1070. The molecule has 0 aromatic rings. The molecule has 1 rings (SSSR count). The fraction of sp³-hybridized carbons (Fsp3) is 0.771. The molecule has 9 nitrogen and oxygen atoms in total. The smallest absolute Gasteiger partial charge is 0.220 e. The van der Waals surface area contributed by atoms with Crippen LogP contribution in [-0.4, -0.2) is 87.5 Å². The Kier molecular flexibility index (Phi) is 35.4. The van der Waals surface area contributed by atoms with Gasteiger partial charge in [-0.3, -0.25) is 4.79 Å². The van der Waals surface area contributed by atoms with E-state index in [1.165, 1.54) is 83.5 Å². The van der Waals surface area contributed by atoms with Crippen molar-refractivity contribution in [2.24, 2.45) is 0 Å². The third-order valence-electron chi connectivity index (χ3n) is 10.6. The summed E-state index contributed by atoms with van der Waals surface area (Å²) in [6.45, 7) is 3.54. The average molecular weight is 804 g/mol. The first-order chi connectivity index (χ1) is 27.8. The maximum Gasteiger partial charge on any atom is 0.220 e. The Balaban J connectivity index is 2.02. The van der Waals surface area contributed by atoms with Crippen molar-refractivity contribution in [3.63, 3.8) is 0 Å². The van der Waals surface area contributed by atoms with Crippen molar-refractivity contribution in [3.05, 3.63) is 60.8 Å². The predicted octanol–water partition coefficient (Wildman–Crippen LogP) is 9.61. The SMILES string of the molecule is CC/C=C\C/C=C\C/C=C\C/C=C\C/C=C\CCCCCCCCCCCCCCCCCC(=O)NC(COC1OC(CO)C(O)C(O)C1O)C(O)CCCCC. The summed E-state index contributed by atoms with van der Waals surface area (Å²) in [5, 5.41) is 53.6. The molecule has 0 saturated carbocycles. The minimum absolute atomic E-state index is 0.144. The number of unbranched alkanes of at least 4 members (excludes halogenated alkanes) is 17. The number of nitrogens with one attached hydrogen (secondary N) is 1. The number of aliphatic hydroxyl groups excluding tert-OH is 5. The predicted molar refractivity (Wildman–Crippen MR) is 235 cm³/mol. The number of allylic oxidation sites excluding steroid dienone is 10. The molecule has 1 aliphatic rings. The van der Waals surface area contributed by atoms with Crippen LogP contribution in [-0.2, 0) is 14.3 Å². The largest absolute Gasteiger partial charge is 0.394 e. The van der Waals surface area contributed by atoms with E-state index >= 15 is 0 Å². The van der Waals surface area contributed by atoms with Crippen LogP contribution in [0, 0.1) is 0 Å². The Hall–Kier alpha value is -2.11. The number of ether oxygens (including phenoxy) is 2. The number of carbonyl (C=O) groups is 1. The maximum atomic E-state index is 12.8. The van der Waals surface area contributed by atoms with E-state index in [4.69, 9.17) is 9.47 Å². The minimum Gasteiger partial charge on any atom is -0.394 e. The Morgan fingerprint density at radius 1 is 0.614 bits per heavy atom. The van der Waals surface area contributed by atoms with E-state index in [0.29, 0.717) is 12.8 Å². The quantitative estimate of drug-likeness (QED) is 0.0269. The lowest BCUT2D eigenvalue weighted by Gasteiger charge is -2.40. The van der Waals surface area contributed by atoms with Gasteiger partial charge >= 0.3 is 0 Å². The lowest BCUT2D eigenvalue weighted by Crippen LogP contribution is -2.60. The molecule has 0 spiro atoms. The van der Waals surface area contributed by atoms with Crippen LogP contribution < -0.4 is 5.32 Å². The zero-order valence-electron chi connectivity index (χ0n) is 36.1. The van der Waals surface area contributed by atoms with Gasteiger partial charge in [-0.25, -0.2) is 0 Å². The van der Waals surface area contributed by atoms with Crippen molar-refractivity contribution < 1.29 is 39.8 Å². The van der Waals surface area contributed by atoms with E-state index in [-0.39, 0.29) is 12.5 Å². The molecule has 7 unspecified atom stereocenters. The van der Waals surface area contributed by atoms with Gasteiger partial charge in [-0.2, -0.15) is 0 Å². The number of amides is 1. The summed E-state index contributed by atoms with van der Waals surface area (Å²) >= 11 is 0. The van der Waals surface area contributed by atoms with E-state index < -0.39 is 49.5 Å². The molecule has 0 aliphatic carbocycles. The Morgan fingerprint density at radius 2 is 1.09 bits per heavy atom. The van der Waals surface area contributed by atoms with Crippen molar-refractivity contribution in [2.45, 2.75) is 224 Å². The first-order valence-corrected chi connectivity index (χ1v) is 23.0. The van der Waals surface area contributed by atoms with Crippen molar-refractivity contribution in [2.75, 3.05) is 13.2 Å². The van der Waals surface area contributed by atoms with E-state index in [9.17, 15) is 30.3 Å². The summed E-state index contributed by atoms with van der Waals surface area (Å²) < 4.78 is 11.1. The molecule has 0 bridgehead atoms. The highest BCUT2D eigenvalue weighted by atomic mass is 16.7. The monoisotopic (exact) mass is 804 g/mol. The molecule has 7 atom stereocenters. The normalized spacial score (nSPS) is 21.6. The van der Waals surface area contributed by atoms with Gasteiger partial charge in [0.05, 0.1) is 25.4 Å². The van der Waals surface area contributed by atoms with Gasteiger partial charge in [0.1, 0.15) is 24.4 Å². The highest BCUT2D eigenvalue weighted by molar-refractivity contribution is 5.76. The molecule has 330 valence electrons. The fourth-order valence-electron chi connectivity index (χ4n) is 6.95. The lowest BCUT2D eigenvalue weighted by molar-refractivity contribution is -0.302. The van der Waals surface area contributed by atoms with Gasteiger partial charge in [-0.15, -0.1) is 0 Å². The highest BCUT2D eigenvalue weighted by Gasteiger charge is 2.44. The fourth-order valence-corrected chi connectivity index (χ4v) is 6.95. The molecule has 6 N–H and O–H groups in total. The average Bonchev–Trinajstić information content (AvgIpc) is 3.21. The summed E-state index contributed by atoms with van der Waals surface area (Å²) in [5.74, 6) is -0.159. The number of aliphatic hydroxyl groups is 5. The Labute approximate surface area is 347 Å². The molecule has 1 heterocycles. The van der Waals surface area contributed by atoms with Gasteiger partial charge in [0.2, 0.25) is 5.91 Å². The molecular formula is C48H85NO8. The second-order valence-corrected chi connectivity index (χ2v) is 15.8. The molecule has 0 radical (unpaired) electrons.